The van der Waals surface area contributed by atoms with Crippen LogP contribution in [0.25, 0.3) is 11.3 Å². The Labute approximate surface area is 170 Å². The minimum Gasteiger partial charge on any atom is -0.508 e. The van der Waals surface area contributed by atoms with Crippen LogP contribution >= 0.6 is 0 Å². The summed E-state index contributed by atoms with van der Waals surface area (Å²) < 4.78 is 6.03. The second-order valence-corrected chi connectivity index (χ2v) is 7.45. The van der Waals surface area contributed by atoms with Crippen molar-refractivity contribution in [3.63, 3.8) is 0 Å². The number of aromatic nitrogens is 1. The second-order valence-electron chi connectivity index (χ2n) is 7.45. The standard InChI is InChI=1S/C23H25N3O3/c24-19(14-16-9-11-18(27)12-10-16)23(28)26-13-5-4-8-20(26)22-25-15-21(29-22)17-6-2-1-3-7-17/h1-3,6-7,9-12,15,19-20,27H,4-5,8,13-14,24H2. The summed E-state index contributed by atoms with van der Waals surface area (Å²) in [5.74, 6) is 1.37. The van der Waals surface area contributed by atoms with Crippen molar-refractivity contribution in [2.75, 3.05) is 6.54 Å². The summed E-state index contributed by atoms with van der Waals surface area (Å²) in [6, 6.07) is 15.8. The van der Waals surface area contributed by atoms with Crippen molar-refractivity contribution >= 4 is 5.91 Å². The number of aromatic hydroxyl groups is 1. The number of hydrogen-bond donors (Lipinski definition) is 2. The van der Waals surface area contributed by atoms with E-state index in [0.717, 1.165) is 30.4 Å². The first kappa shape index (κ1) is 19.2. The summed E-state index contributed by atoms with van der Waals surface area (Å²) in [5.41, 5.74) is 8.13. The summed E-state index contributed by atoms with van der Waals surface area (Å²) in [7, 11) is 0. The number of nitrogens with zero attached hydrogens (tertiary/aromatic N) is 2. The van der Waals surface area contributed by atoms with E-state index in [-0.39, 0.29) is 17.7 Å². The minimum absolute atomic E-state index is 0.0952. The molecule has 0 bridgehead atoms. The van der Waals surface area contributed by atoms with Crippen molar-refractivity contribution < 1.29 is 14.3 Å². The maximum absolute atomic E-state index is 13.1. The highest BCUT2D eigenvalue weighted by molar-refractivity contribution is 5.82. The zero-order valence-corrected chi connectivity index (χ0v) is 16.2. The number of nitrogens with two attached hydrogens (primary N) is 1. The smallest absolute Gasteiger partial charge is 0.240 e. The van der Waals surface area contributed by atoms with E-state index in [4.69, 9.17) is 10.2 Å². The predicted octanol–water partition coefficient (Wildman–Crippen LogP) is 3.67. The number of hydrogen-bond acceptors (Lipinski definition) is 5. The molecule has 2 unspecified atom stereocenters. The molecule has 150 valence electrons. The Kier molecular flexibility index (Phi) is 5.62. The lowest BCUT2D eigenvalue weighted by Gasteiger charge is -2.35. The first-order valence-electron chi connectivity index (χ1n) is 9.97. The highest BCUT2D eigenvalue weighted by Crippen LogP contribution is 2.33. The Morgan fingerprint density at radius 2 is 1.93 bits per heavy atom. The Morgan fingerprint density at radius 1 is 1.17 bits per heavy atom. The van der Waals surface area contributed by atoms with Crippen LogP contribution in [0, 0.1) is 0 Å². The topological polar surface area (TPSA) is 92.6 Å². The summed E-state index contributed by atoms with van der Waals surface area (Å²) >= 11 is 0. The van der Waals surface area contributed by atoms with Gasteiger partial charge in [0.1, 0.15) is 11.8 Å². The molecular formula is C23H25N3O3. The molecule has 3 N–H and O–H groups in total. The van der Waals surface area contributed by atoms with Crippen molar-refractivity contribution in [2.45, 2.75) is 37.8 Å². The van der Waals surface area contributed by atoms with Gasteiger partial charge in [-0.1, -0.05) is 42.5 Å². The van der Waals surface area contributed by atoms with Gasteiger partial charge in [-0.3, -0.25) is 4.79 Å². The van der Waals surface area contributed by atoms with Gasteiger partial charge >= 0.3 is 0 Å². The summed E-state index contributed by atoms with van der Waals surface area (Å²) in [5, 5.41) is 9.43. The Balaban J connectivity index is 1.50. The lowest BCUT2D eigenvalue weighted by atomic mass is 9.99. The first-order valence-corrected chi connectivity index (χ1v) is 9.97. The average Bonchev–Trinajstić information content (AvgIpc) is 3.25. The quantitative estimate of drug-likeness (QED) is 0.692. The molecule has 1 fully saturated rings. The Bertz CT molecular complexity index is 953. The monoisotopic (exact) mass is 391 g/mol. The molecule has 0 spiro atoms. The lowest BCUT2D eigenvalue weighted by molar-refractivity contribution is -0.137. The molecule has 29 heavy (non-hydrogen) atoms. The fraction of sp³-hybridized carbons (Fsp3) is 0.304. The van der Waals surface area contributed by atoms with Crippen molar-refractivity contribution in [3.8, 4) is 17.1 Å². The molecular weight excluding hydrogens is 366 g/mol. The second kappa shape index (κ2) is 8.49. The third kappa shape index (κ3) is 4.32. The van der Waals surface area contributed by atoms with Crippen LogP contribution in [0.1, 0.15) is 36.8 Å². The molecule has 2 atom stereocenters. The number of carbonyl (C=O) groups is 1. The number of phenolic OH excluding ortho intramolecular Hbond substituents is 1. The number of phenols is 1. The summed E-state index contributed by atoms with van der Waals surface area (Å²) in [6.45, 7) is 0.649. The van der Waals surface area contributed by atoms with Crippen LogP contribution in [0.4, 0.5) is 0 Å². The fourth-order valence-electron chi connectivity index (χ4n) is 3.82. The highest BCUT2D eigenvalue weighted by Gasteiger charge is 2.33. The van der Waals surface area contributed by atoms with E-state index in [2.05, 4.69) is 4.98 Å². The van der Waals surface area contributed by atoms with E-state index in [1.807, 2.05) is 35.2 Å². The van der Waals surface area contributed by atoms with Gasteiger partial charge in [-0.2, -0.15) is 0 Å². The van der Waals surface area contributed by atoms with Crippen LogP contribution in [0.15, 0.2) is 65.2 Å². The summed E-state index contributed by atoms with van der Waals surface area (Å²) in [6.07, 6.45) is 4.92. The number of oxazole rings is 1. The van der Waals surface area contributed by atoms with Crippen molar-refractivity contribution in [1.29, 1.82) is 0 Å². The molecule has 4 rings (SSSR count). The molecule has 1 aliphatic rings. The summed E-state index contributed by atoms with van der Waals surface area (Å²) in [4.78, 5) is 19.4. The van der Waals surface area contributed by atoms with Crippen LogP contribution in [-0.4, -0.2) is 33.5 Å². The maximum Gasteiger partial charge on any atom is 0.240 e. The number of piperidine rings is 1. The molecule has 1 aliphatic heterocycles. The largest absolute Gasteiger partial charge is 0.508 e. The zero-order valence-electron chi connectivity index (χ0n) is 16.2. The van der Waals surface area contributed by atoms with Gasteiger partial charge in [0.25, 0.3) is 0 Å². The lowest BCUT2D eigenvalue weighted by Crippen LogP contribution is -2.48. The highest BCUT2D eigenvalue weighted by atomic mass is 16.4. The molecule has 6 nitrogen and oxygen atoms in total. The van der Waals surface area contributed by atoms with Gasteiger partial charge in [-0.25, -0.2) is 4.98 Å². The third-order valence-electron chi connectivity index (χ3n) is 5.36. The van der Waals surface area contributed by atoms with Gasteiger partial charge in [-0.15, -0.1) is 0 Å². The number of rotatable bonds is 5. The number of amides is 1. The third-order valence-corrected chi connectivity index (χ3v) is 5.36. The van der Waals surface area contributed by atoms with Crippen molar-refractivity contribution in [3.05, 3.63) is 72.2 Å². The SMILES string of the molecule is NC(Cc1ccc(O)cc1)C(=O)N1CCCCC1c1ncc(-c2ccccc2)o1. The molecule has 0 saturated carbocycles. The normalized spacial score (nSPS) is 17.8. The molecule has 0 aliphatic carbocycles. The Hall–Kier alpha value is -3.12. The van der Waals surface area contributed by atoms with E-state index >= 15 is 0 Å². The van der Waals surface area contributed by atoms with Crippen LogP contribution in [-0.2, 0) is 11.2 Å². The van der Waals surface area contributed by atoms with Gasteiger partial charge < -0.3 is 20.2 Å². The molecule has 3 aromatic rings. The van der Waals surface area contributed by atoms with Gasteiger partial charge in [0.15, 0.2) is 5.76 Å². The van der Waals surface area contributed by atoms with Crippen LogP contribution in [0.5, 0.6) is 5.75 Å². The number of likely N-dealkylation sites (tertiary alicyclic amines) is 1. The van der Waals surface area contributed by atoms with Crippen molar-refractivity contribution in [2.24, 2.45) is 5.73 Å². The number of carbonyl (C=O) groups excluding carboxylic acids is 1. The maximum atomic E-state index is 13.1. The van der Waals surface area contributed by atoms with Gasteiger partial charge in [0.2, 0.25) is 11.8 Å². The van der Waals surface area contributed by atoms with Gasteiger partial charge in [0, 0.05) is 12.1 Å². The predicted molar refractivity (Wildman–Crippen MR) is 110 cm³/mol. The molecule has 1 amide bonds. The van der Waals surface area contributed by atoms with Crippen molar-refractivity contribution in [1.82, 2.24) is 9.88 Å². The molecule has 1 aromatic heterocycles. The molecule has 2 aromatic carbocycles. The van der Waals surface area contributed by atoms with Gasteiger partial charge in [-0.05, 0) is 43.4 Å². The fourth-order valence-corrected chi connectivity index (χ4v) is 3.82. The van der Waals surface area contributed by atoms with Crippen LogP contribution in [0.2, 0.25) is 0 Å². The Morgan fingerprint density at radius 3 is 2.69 bits per heavy atom. The molecule has 2 heterocycles. The molecule has 0 radical (unpaired) electrons. The van der Waals surface area contributed by atoms with E-state index in [9.17, 15) is 9.90 Å². The molecule has 1 saturated heterocycles. The van der Waals surface area contributed by atoms with E-state index in [1.165, 1.54) is 0 Å². The number of benzene rings is 2. The first-order chi connectivity index (χ1) is 14.1. The minimum atomic E-state index is -0.649. The van der Waals surface area contributed by atoms with Crippen LogP contribution in [0.3, 0.4) is 0 Å². The van der Waals surface area contributed by atoms with Crippen LogP contribution < -0.4 is 5.73 Å². The molecule has 6 heteroatoms. The van der Waals surface area contributed by atoms with E-state index in [1.54, 1.807) is 30.5 Å². The zero-order chi connectivity index (χ0) is 20.2. The van der Waals surface area contributed by atoms with Gasteiger partial charge in [0.05, 0.1) is 12.2 Å². The van der Waals surface area contributed by atoms with E-state index < -0.39 is 6.04 Å². The average molecular weight is 391 g/mol. The van der Waals surface area contributed by atoms with E-state index in [0.29, 0.717) is 24.6 Å².